The number of aliphatic carboxylic acids is 1. The van der Waals surface area contributed by atoms with Crippen molar-refractivity contribution in [2.45, 2.75) is 116 Å². The highest BCUT2D eigenvalue weighted by molar-refractivity contribution is 5.66. The Morgan fingerprint density at radius 3 is 2.46 bits per heavy atom. The number of nitrogens with zero attached hydrogens (tertiary/aromatic N) is 2. The summed E-state index contributed by atoms with van der Waals surface area (Å²) in [6.07, 6.45) is -3.28. The van der Waals surface area contributed by atoms with Crippen LogP contribution in [0, 0.1) is 23.7 Å². The number of imidazole rings is 1. The van der Waals surface area contributed by atoms with Gasteiger partial charge in [-0.2, -0.15) is 26.3 Å². The lowest BCUT2D eigenvalue weighted by atomic mass is 9.70. The highest BCUT2D eigenvalue weighted by Gasteiger charge is 2.44. The maximum absolute atomic E-state index is 14.0. The molecule has 2 saturated carbocycles. The van der Waals surface area contributed by atoms with Crippen LogP contribution in [-0.4, -0.2) is 45.7 Å². The molecule has 224 valence electrons. The maximum atomic E-state index is 14.0. The molecule has 0 spiro atoms. The minimum atomic E-state index is -4.61. The van der Waals surface area contributed by atoms with E-state index < -0.39 is 36.1 Å². The Balaban J connectivity index is 1.74. The van der Waals surface area contributed by atoms with Crippen molar-refractivity contribution in [2.75, 3.05) is 6.61 Å². The van der Waals surface area contributed by atoms with Crippen LogP contribution in [0.2, 0.25) is 0 Å². The number of alkyl halides is 6. The molecule has 7 atom stereocenters. The van der Waals surface area contributed by atoms with Crippen LogP contribution in [0.25, 0.3) is 0 Å². The standard InChI is InChI=1S/C27H41F6N3O3/c1-16(13-24(37)38)7-6-12-39-22-9-5-4-8-19(22)15-36-23(26(28,29)30)14-34-25(36)20-10-11-21(18(3)17(20)2)35-27(31,32)33/h14,16-22,35H,4-13,15H2,1-3H3,(H,37,38)/t16-,17?,18?,19-,20?,21?,22-/m1/s1. The third-order valence-electron chi connectivity index (χ3n) is 8.70. The van der Waals surface area contributed by atoms with Crippen molar-refractivity contribution in [1.82, 2.24) is 14.9 Å². The van der Waals surface area contributed by atoms with Gasteiger partial charge in [-0.05, 0) is 56.3 Å². The van der Waals surface area contributed by atoms with E-state index in [4.69, 9.17) is 9.84 Å². The molecule has 0 bridgehead atoms. The lowest BCUT2D eigenvalue weighted by Crippen LogP contribution is -2.49. The summed E-state index contributed by atoms with van der Waals surface area (Å²) in [5, 5.41) is 10.6. The molecular weight excluding hydrogens is 528 g/mol. The van der Waals surface area contributed by atoms with Crippen molar-refractivity contribution in [3.63, 3.8) is 0 Å². The second-order valence-electron chi connectivity index (χ2n) is 11.6. The van der Waals surface area contributed by atoms with E-state index >= 15 is 0 Å². The van der Waals surface area contributed by atoms with Gasteiger partial charge in [-0.3, -0.25) is 4.79 Å². The topological polar surface area (TPSA) is 76.4 Å². The molecule has 1 aromatic heterocycles. The van der Waals surface area contributed by atoms with Crippen LogP contribution in [0.15, 0.2) is 6.20 Å². The lowest BCUT2D eigenvalue weighted by molar-refractivity contribution is -0.170. The molecule has 1 heterocycles. The molecule has 3 rings (SSSR count). The molecule has 2 N–H and O–H groups in total. The Labute approximate surface area is 225 Å². The molecule has 0 saturated heterocycles. The number of aromatic nitrogens is 2. The minimum Gasteiger partial charge on any atom is -0.481 e. The third kappa shape index (κ3) is 8.83. The molecule has 1 aromatic rings. The summed E-state index contributed by atoms with van der Waals surface area (Å²) in [7, 11) is 0. The molecule has 2 aliphatic rings. The molecule has 0 radical (unpaired) electrons. The Hall–Kier alpha value is -1.82. The molecule has 0 aliphatic heterocycles. The van der Waals surface area contributed by atoms with Crippen LogP contribution in [0.3, 0.4) is 0 Å². The Bertz CT molecular complexity index is 935. The average Bonchev–Trinajstić information content (AvgIpc) is 3.23. The maximum Gasteiger partial charge on any atom is 0.457 e. The van der Waals surface area contributed by atoms with Crippen LogP contribution in [0.1, 0.15) is 96.0 Å². The van der Waals surface area contributed by atoms with Crippen LogP contribution >= 0.6 is 0 Å². The first-order valence-electron chi connectivity index (χ1n) is 14.0. The second-order valence-corrected chi connectivity index (χ2v) is 11.6. The number of carboxylic acid groups (broad SMARTS) is 1. The van der Waals surface area contributed by atoms with Gasteiger partial charge >= 0.3 is 18.4 Å². The minimum absolute atomic E-state index is 0.0157. The van der Waals surface area contributed by atoms with Crippen LogP contribution < -0.4 is 5.32 Å². The van der Waals surface area contributed by atoms with Gasteiger partial charge in [0.2, 0.25) is 0 Å². The van der Waals surface area contributed by atoms with Gasteiger partial charge < -0.3 is 14.4 Å². The average molecular weight is 570 g/mol. The fraction of sp³-hybridized carbons (Fsp3) is 0.852. The first kappa shape index (κ1) is 31.7. The number of carbonyl (C=O) groups is 1. The van der Waals surface area contributed by atoms with Gasteiger partial charge in [-0.15, -0.1) is 0 Å². The van der Waals surface area contributed by atoms with E-state index in [0.717, 1.165) is 25.5 Å². The zero-order chi connectivity index (χ0) is 29.0. The lowest BCUT2D eigenvalue weighted by Gasteiger charge is -2.41. The Morgan fingerprint density at radius 2 is 1.82 bits per heavy atom. The quantitative estimate of drug-likeness (QED) is 0.171. The summed E-state index contributed by atoms with van der Waals surface area (Å²) in [4.78, 5) is 15.1. The summed E-state index contributed by atoms with van der Waals surface area (Å²) in [6, 6.07) is -0.795. The first-order valence-corrected chi connectivity index (χ1v) is 14.0. The van der Waals surface area contributed by atoms with Crippen molar-refractivity contribution in [3.05, 3.63) is 17.7 Å². The molecule has 4 unspecified atom stereocenters. The smallest absolute Gasteiger partial charge is 0.457 e. The van der Waals surface area contributed by atoms with Crippen LogP contribution in [0.4, 0.5) is 26.3 Å². The number of hydrogen-bond donors (Lipinski definition) is 2. The van der Waals surface area contributed by atoms with Crippen LogP contribution in [-0.2, 0) is 22.3 Å². The van der Waals surface area contributed by atoms with Gasteiger partial charge in [-0.1, -0.05) is 33.6 Å². The number of hydrogen-bond acceptors (Lipinski definition) is 4. The molecule has 12 heteroatoms. The summed E-state index contributed by atoms with van der Waals surface area (Å²) < 4.78 is 88.4. The second kappa shape index (κ2) is 13.2. The van der Waals surface area contributed by atoms with E-state index in [1.807, 2.05) is 6.92 Å². The molecule has 0 aromatic carbocycles. The summed E-state index contributed by atoms with van der Waals surface area (Å²) >= 11 is 0. The molecule has 2 aliphatic carbocycles. The third-order valence-corrected chi connectivity index (χ3v) is 8.70. The van der Waals surface area contributed by atoms with E-state index in [2.05, 4.69) is 4.98 Å². The van der Waals surface area contributed by atoms with E-state index in [1.54, 1.807) is 19.2 Å². The largest absolute Gasteiger partial charge is 0.481 e. The van der Waals surface area contributed by atoms with Gasteiger partial charge in [-0.25, -0.2) is 10.3 Å². The van der Waals surface area contributed by atoms with Gasteiger partial charge in [0.05, 0.1) is 12.3 Å². The number of nitrogens with one attached hydrogen (secondary N) is 1. The number of halogens is 6. The van der Waals surface area contributed by atoms with E-state index in [9.17, 15) is 31.1 Å². The van der Waals surface area contributed by atoms with Gasteiger partial charge in [0.15, 0.2) is 0 Å². The van der Waals surface area contributed by atoms with E-state index in [0.29, 0.717) is 38.1 Å². The van der Waals surface area contributed by atoms with E-state index in [1.165, 1.54) is 4.57 Å². The number of carboxylic acids is 1. The fourth-order valence-corrected chi connectivity index (χ4v) is 6.40. The zero-order valence-electron chi connectivity index (χ0n) is 22.8. The summed E-state index contributed by atoms with van der Waals surface area (Å²) in [5.41, 5.74) is -0.834. The van der Waals surface area contributed by atoms with Crippen molar-refractivity contribution < 1.29 is 41.0 Å². The number of ether oxygens (including phenoxy) is 1. The molecule has 2 fully saturated rings. The predicted octanol–water partition coefficient (Wildman–Crippen LogP) is 7.00. The highest BCUT2D eigenvalue weighted by atomic mass is 19.4. The van der Waals surface area contributed by atoms with Crippen molar-refractivity contribution in [3.8, 4) is 0 Å². The summed E-state index contributed by atoms with van der Waals surface area (Å²) in [6.45, 7) is 5.88. The fourth-order valence-electron chi connectivity index (χ4n) is 6.40. The molecule has 6 nitrogen and oxygen atoms in total. The normalized spacial score (nSPS) is 29.4. The molecular formula is C27H41F6N3O3. The van der Waals surface area contributed by atoms with E-state index in [-0.39, 0.29) is 49.2 Å². The van der Waals surface area contributed by atoms with Gasteiger partial charge in [0, 0.05) is 37.5 Å². The number of rotatable bonds is 11. The Morgan fingerprint density at radius 1 is 1.13 bits per heavy atom. The van der Waals surface area contributed by atoms with Crippen LogP contribution in [0.5, 0.6) is 0 Å². The van der Waals surface area contributed by atoms with Crippen molar-refractivity contribution in [2.24, 2.45) is 23.7 Å². The monoisotopic (exact) mass is 569 g/mol. The SMILES string of the molecule is CC1C(NC(F)(F)F)CCC(c2ncc(C(F)(F)F)n2C[C@H]2CCCC[C@H]2OCCC[C@@H](C)CC(=O)O)C1C. The Kier molecular flexibility index (Phi) is 10.8. The van der Waals surface area contributed by atoms with Gasteiger partial charge in [0.1, 0.15) is 11.5 Å². The molecule has 0 amide bonds. The van der Waals surface area contributed by atoms with Crippen molar-refractivity contribution in [1.29, 1.82) is 0 Å². The van der Waals surface area contributed by atoms with Gasteiger partial charge in [0.25, 0.3) is 0 Å². The highest BCUT2D eigenvalue weighted by Crippen LogP contribution is 2.44. The first-order chi connectivity index (χ1) is 18.2. The zero-order valence-corrected chi connectivity index (χ0v) is 22.8. The predicted molar refractivity (Wildman–Crippen MR) is 133 cm³/mol. The molecule has 39 heavy (non-hydrogen) atoms. The van der Waals surface area contributed by atoms with Crippen molar-refractivity contribution >= 4 is 5.97 Å². The summed E-state index contributed by atoms with van der Waals surface area (Å²) in [5.74, 6) is -1.78.